The Labute approximate surface area is 301 Å². The Balaban J connectivity index is 2.16. The van der Waals surface area contributed by atoms with Gasteiger partial charge in [0.05, 0.1) is 19.7 Å². The Bertz CT molecular complexity index is 1360. The van der Waals surface area contributed by atoms with Gasteiger partial charge in [-0.15, -0.1) is 0 Å². The molecule has 2 unspecified atom stereocenters. The van der Waals surface area contributed by atoms with E-state index in [0.717, 1.165) is 37.0 Å². The fourth-order valence-corrected chi connectivity index (χ4v) is 6.03. The molecule has 5 amide bonds. The number of benzene rings is 1. The minimum absolute atomic E-state index is 0.0377. The van der Waals surface area contributed by atoms with Gasteiger partial charge in [0.1, 0.15) is 17.7 Å². The first-order chi connectivity index (χ1) is 24.0. The van der Waals surface area contributed by atoms with Crippen molar-refractivity contribution in [3.05, 3.63) is 35.9 Å². The van der Waals surface area contributed by atoms with Crippen LogP contribution in [0.3, 0.4) is 0 Å². The normalized spacial score (nSPS) is 15.7. The molecule has 4 atom stereocenters. The van der Waals surface area contributed by atoms with Gasteiger partial charge < -0.3 is 35.6 Å². The number of nitrogens with zero attached hydrogens (tertiary/aromatic N) is 1. The second kappa shape index (κ2) is 20.4. The monoisotopic (exact) mass is 715 g/mol. The number of ether oxygens (including phenoxy) is 2. The second-order valence-electron chi connectivity index (χ2n) is 14.5. The van der Waals surface area contributed by atoms with Gasteiger partial charge in [0.25, 0.3) is 5.91 Å². The molecule has 1 aromatic carbocycles. The average Bonchev–Trinajstić information content (AvgIpc) is 3.08. The van der Waals surface area contributed by atoms with Gasteiger partial charge in [-0.05, 0) is 63.9 Å². The topological polar surface area (TPSA) is 189 Å². The number of amides is 5. The number of nitrogens with one attached hydrogen (secondary N) is 4. The molecule has 284 valence electrons. The molecule has 4 N–H and O–H groups in total. The van der Waals surface area contributed by atoms with Crippen LogP contribution >= 0.6 is 0 Å². The molecule has 0 heterocycles. The molecule has 14 heteroatoms. The lowest BCUT2D eigenvalue weighted by molar-refractivity contribution is -0.152. The van der Waals surface area contributed by atoms with Crippen LogP contribution in [-0.2, 0) is 38.2 Å². The van der Waals surface area contributed by atoms with Crippen molar-refractivity contribution in [3.8, 4) is 0 Å². The molecule has 14 nitrogen and oxygen atoms in total. The molecule has 2 rings (SSSR count). The van der Waals surface area contributed by atoms with E-state index in [2.05, 4.69) is 21.3 Å². The number of rotatable bonds is 17. The highest BCUT2D eigenvalue weighted by Gasteiger charge is 2.36. The van der Waals surface area contributed by atoms with Crippen LogP contribution in [0, 0.1) is 11.8 Å². The van der Waals surface area contributed by atoms with Crippen molar-refractivity contribution < 1.29 is 43.0 Å². The number of Topliss-reactive ketones (excluding diaryl/α,β-unsaturated/α-hetero) is 1. The maximum atomic E-state index is 13.7. The molecule has 1 fully saturated rings. The Kier molecular flexibility index (Phi) is 17.1. The minimum Gasteiger partial charge on any atom is -0.467 e. The minimum atomic E-state index is -1.23. The first-order valence-electron chi connectivity index (χ1n) is 17.8. The molecule has 0 spiro atoms. The number of carbonyl (C=O) groups is 7. The number of likely N-dealkylation sites (N-methyl/N-ethyl adjacent to an activating group) is 1. The van der Waals surface area contributed by atoms with Crippen LogP contribution < -0.4 is 21.3 Å². The smallest absolute Gasteiger partial charge is 0.408 e. The standard InChI is InChI=1S/C37H57N5O9/c1-9-16-26(31(44)34(47)38-22-28(43)42(7)30(35(48)50-8)25-19-14-11-15-20-25)39-32(45)27(21-23(2)3)40-33(46)29(24-17-12-10-13-18-24)41-36(49)51-37(4,5)6/h11,14-15,19-20,23-24,26-27,29-30H,9-10,12-13,16-18,21-22H2,1-8H3,(H,38,47)(H,39,45)(H,40,46)(H,41,49)/t26?,27-,29-,30?/m0/s1. The SMILES string of the molecule is CCCC(NC(=O)[C@H](CC(C)C)NC(=O)[C@@H](NC(=O)OC(C)(C)C)C1CCCCC1)C(=O)C(=O)NCC(=O)N(C)C(C(=O)OC)c1ccccc1. The summed E-state index contributed by atoms with van der Waals surface area (Å²) in [5, 5.41) is 10.5. The van der Waals surface area contributed by atoms with Crippen molar-refractivity contribution in [2.24, 2.45) is 11.8 Å². The summed E-state index contributed by atoms with van der Waals surface area (Å²) in [4.78, 5) is 93.1. The van der Waals surface area contributed by atoms with E-state index in [4.69, 9.17) is 9.47 Å². The number of carbonyl (C=O) groups excluding carboxylic acids is 7. The number of alkyl carbamates (subject to hydrolysis) is 1. The van der Waals surface area contributed by atoms with E-state index in [1.165, 1.54) is 14.2 Å². The molecule has 0 radical (unpaired) electrons. The predicted octanol–water partition coefficient (Wildman–Crippen LogP) is 3.33. The predicted molar refractivity (Wildman–Crippen MR) is 190 cm³/mol. The average molecular weight is 716 g/mol. The number of esters is 1. The van der Waals surface area contributed by atoms with E-state index in [-0.39, 0.29) is 24.7 Å². The summed E-state index contributed by atoms with van der Waals surface area (Å²) in [6, 6.07) is 4.19. The van der Waals surface area contributed by atoms with Crippen molar-refractivity contribution in [1.82, 2.24) is 26.2 Å². The second-order valence-corrected chi connectivity index (χ2v) is 14.5. The summed E-state index contributed by atoms with van der Waals surface area (Å²) >= 11 is 0. The number of hydrogen-bond acceptors (Lipinski definition) is 9. The molecule has 1 aliphatic rings. The van der Waals surface area contributed by atoms with Gasteiger partial charge in [0, 0.05) is 7.05 Å². The Morgan fingerprint density at radius 2 is 1.49 bits per heavy atom. The highest BCUT2D eigenvalue weighted by Crippen LogP contribution is 2.27. The van der Waals surface area contributed by atoms with Crippen molar-refractivity contribution >= 4 is 41.5 Å². The third-order valence-electron chi connectivity index (χ3n) is 8.57. The molecule has 51 heavy (non-hydrogen) atoms. The van der Waals surface area contributed by atoms with Crippen LogP contribution in [0.5, 0.6) is 0 Å². The first-order valence-corrected chi connectivity index (χ1v) is 17.8. The molecule has 0 aromatic heterocycles. The van der Waals surface area contributed by atoms with Crippen molar-refractivity contribution in [3.63, 3.8) is 0 Å². The molecular weight excluding hydrogens is 658 g/mol. The maximum Gasteiger partial charge on any atom is 0.408 e. The van der Waals surface area contributed by atoms with E-state index in [1.54, 1.807) is 58.0 Å². The van der Waals surface area contributed by atoms with Crippen LogP contribution in [0.2, 0.25) is 0 Å². The van der Waals surface area contributed by atoms with E-state index in [0.29, 0.717) is 12.0 Å². The van der Waals surface area contributed by atoms with E-state index >= 15 is 0 Å². The summed E-state index contributed by atoms with van der Waals surface area (Å²) in [5.41, 5.74) is -0.274. The molecule has 1 aliphatic carbocycles. The Morgan fingerprint density at radius 3 is 2.04 bits per heavy atom. The van der Waals surface area contributed by atoms with Gasteiger partial charge in [0.15, 0.2) is 6.04 Å². The van der Waals surface area contributed by atoms with Gasteiger partial charge in [-0.3, -0.25) is 24.0 Å². The summed E-state index contributed by atoms with van der Waals surface area (Å²) < 4.78 is 10.3. The Hall–Kier alpha value is -4.49. The van der Waals surface area contributed by atoms with Crippen LogP contribution in [0.25, 0.3) is 0 Å². The van der Waals surface area contributed by atoms with Gasteiger partial charge in [-0.1, -0.05) is 76.8 Å². The lowest BCUT2D eigenvalue weighted by atomic mass is 9.83. The molecular formula is C37H57N5O9. The summed E-state index contributed by atoms with van der Waals surface area (Å²) in [7, 11) is 2.59. The summed E-state index contributed by atoms with van der Waals surface area (Å²) in [6.45, 7) is 10.1. The molecule has 0 saturated heterocycles. The van der Waals surface area contributed by atoms with Crippen molar-refractivity contribution in [2.75, 3.05) is 20.7 Å². The zero-order valence-electron chi connectivity index (χ0n) is 31.3. The lowest BCUT2D eigenvalue weighted by Crippen LogP contribution is -2.58. The summed E-state index contributed by atoms with van der Waals surface area (Å²) in [6.07, 6.45) is 4.35. The zero-order valence-corrected chi connectivity index (χ0v) is 31.3. The summed E-state index contributed by atoms with van der Waals surface area (Å²) in [5.74, 6) is -4.77. The van der Waals surface area contributed by atoms with Gasteiger partial charge in [-0.25, -0.2) is 9.59 Å². The number of ketones is 1. The number of methoxy groups -OCH3 is 1. The van der Waals surface area contributed by atoms with Crippen LogP contribution in [0.15, 0.2) is 30.3 Å². The first kappa shape index (κ1) is 42.7. The van der Waals surface area contributed by atoms with Crippen molar-refractivity contribution in [1.29, 1.82) is 0 Å². The zero-order chi connectivity index (χ0) is 38.3. The maximum absolute atomic E-state index is 13.7. The van der Waals surface area contributed by atoms with E-state index in [1.807, 2.05) is 13.8 Å². The highest BCUT2D eigenvalue weighted by atomic mass is 16.6. The van der Waals surface area contributed by atoms with Gasteiger partial charge in [0.2, 0.25) is 23.5 Å². The third-order valence-corrected chi connectivity index (χ3v) is 8.57. The Morgan fingerprint density at radius 1 is 0.882 bits per heavy atom. The van der Waals surface area contributed by atoms with Gasteiger partial charge in [-0.2, -0.15) is 0 Å². The molecule has 0 aliphatic heterocycles. The lowest BCUT2D eigenvalue weighted by Gasteiger charge is -2.32. The molecule has 1 aromatic rings. The van der Waals surface area contributed by atoms with E-state index < -0.39 is 77.8 Å². The highest BCUT2D eigenvalue weighted by molar-refractivity contribution is 6.38. The quantitative estimate of drug-likeness (QED) is 0.139. The fourth-order valence-electron chi connectivity index (χ4n) is 6.03. The largest absolute Gasteiger partial charge is 0.467 e. The fraction of sp³-hybridized carbons (Fsp3) is 0.649. The van der Waals surface area contributed by atoms with Crippen LogP contribution in [0.1, 0.15) is 105 Å². The van der Waals surface area contributed by atoms with Crippen molar-refractivity contribution in [2.45, 2.75) is 123 Å². The third kappa shape index (κ3) is 14.0. The van der Waals surface area contributed by atoms with Crippen LogP contribution in [-0.4, -0.2) is 90.8 Å². The molecule has 1 saturated carbocycles. The van der Waals surface area contributed by atoms with Gasteiger partial charge >= 0.3 is 12.1 Å². The van der Waals surface area contributed by atoms with E-state index in [9.17, 15) is 33.6 Å². The molecule has 0 bridgehead atoms. The van der Waals surface area contributed by atoms with Crippen LogP contribution in [0.4, 0.5) is 4.79 Å². The number of hydrogen-bond donors (Lipinski definition) is 4.